The van der Waals surface area contributed by atoms with Gasteiger partial charge in [-0.3, -0.25) is 9.59 Å². The van der Waals surface area contributed by atoms with E-state index in [1.54, 1.807) is 31.4 Å². The summed E-state index contributed by atoms with van der Waals surface area (Å²) in [6, 6.07) is 13.9. The van der Waals surface area contributed by atoms with E-state index in [1.807, 2.05) is 24.3 Å². The van der Waals surface area contributed by atoms with Crippen molar-refractivity contribution in [1.29, 1.82) is 0 Å². The van der Waals surface area contributed by atoms with Gasteiger partial charge < -0.3 is 20.5 Å². The maximum atomic E-state index is 12.9. The number of nitrogens with zero attached hydrogens (tertiary/aromatic N) is 1. The number of likely N-dealkylation sites (tertiary alicyclic amines) is 1. The van der Waals surface area contributed by atoms with Gasteiger partial charge in [-0.2, -0.15) is 0 Å². The van der Waals surface area contributed by atoms with Crippen LogP contribution < -0.4 is 10.5 Å². The molecule has 1 atom stereocenters. The molecule has 6 nitrogen and oxygen atoms in total. The monoisotopic (exact) mass is 394 g/mol. The minimum absolute atomic E-state index is 0.0986. The molecule has 3 rings (SSSR count). The first-order valence-corrected chi connectivity index (χ1v) is 9.73. The first-order chi connectivity index (χ1) is 14.0. The Balaban J connectivity index is 2.11. The smallest absolute Gasteiger partial charge is 0.295 e. The van der Waals surface area contributed by atoms with E-state index >= 15 is 0 Å². The normalized spacial score (nSPS) is 18.3. The van der Waals surface area contributed by atoms with Gasteiger partial charge in [-0.05, 0) is 54.8 Å². The average Bonchev–Trinajstić information content (AvgIpc) is 3.02. The van der Waals surface area contributed by atoms with Crippen LogP contribution in [0.4, 0.5) is 0 Å². The molecule has 152 valence electrons. The zero-order valence-corrected chi connectivity index (χ0v) is 16.7. The average molecular weight is 394 g/mol. The molecule has 1 aliphatic rings. The summed E-state index contributed by atoms with van der Waals surface area (Å²) in [5.41, 5.74) is 8.12. The maximum Gasteiger partial charge on any atom is 0.295 e. The number of aliphatic hydroxyl groups excluding tert-OH is 1. The second-order valence-corrected chi connectivity index (χ2v) is 6.96. The van der Waals surface area contributed by atoms with Crippen molar-refractivity contribution >= 4 is 17.4 Å². The highest BCUT2D eigenvalue weighted by Crippen LogP contribution is 2.39. The van der Waals surface area contributed by atoms with Gasteiger partial charge in [0.2, 0.25) is 0 Å². The predicted molar refractivity (Wildman–Crippen MR) is 111 cm³/mol. The van der Waals surface area contributed by atoms with E-state index in [0.717, 1.165) is 17.5 Å². The van der Waals surface area contributed by atoms with Crippen molar-refractivity contribution in [1.82, 2.24) is 4.90 Å². The van der Waals surface area contributed by atoms with Crippen LogP contribution in [-0.4, -0.2) is 41.9 Å². The van der Waals surface area contributed by atoms with Gasteiger partial charge in [0.15, 0.2) is 0 Å². The molecule has 2 aromatic carbocycles. The zero-order valence-electron chi connectivity index (χ0n) is 16.7. The van der Waals surface area contributed by atoms with Crippen LogP contribution in [-0.2, 0) is 16.0 Å². The number of ether oxygens (including phenoxy) is 1. The van der Waals surface area contributed by atoms with E-state index < -0.39 is 17.7 Å². The van der Waals surface area contributed by atoms with Crippen LogP contribution in [0.25, 0.3) is 5.76 Å². The molecule has 1 unspecified atom stereocenters. The molecule has 0 saturated carbocycles. The molecule has 1 saturated heterocycles. The largest absolute Gasteiger partial charge is 0.507 e. The van der Waals surface area contributed by atoms with Crippen molar-refractivity contribution in [3.8, 4) is 5.75 Å². The number of hydrogen-bond acceptors (Lipinski definition) is 5. The number of carbonyl (C=O) groups excluding carboxylic acids is 2. The number of rotatable bonds is 7. The van der Waals surface area contributed by atoms with Gasteiger partial charge in [0, 0.05) is 12.1 Å². The lowest BCUT2D eigenvalue weighted by Crippen LogP contribution is -2.31. The van der Waals surface area contributed by atoms with Gasteiger partial charge in [-0.25, -0.2) is 0 Å². The Morgan fingerprint density at radius 1 is 1.10 bits per heavy atom. The lowest BCUT2D eigenvalue weighted by Gasteiger charge is -2.25. The number of Topliss-reactive ketones (excluding diaryl/α,β-unsaturated/α-hetero) is 1. The first-order valence-electron chi connectivity index (χ1n) is 9.73. The van der Waals surface area contributed by atoms with Crippen LogP contribution in [0.5, 0.6) is 5.75 Å². The van der Waals surface area contributed by atoms with Crippen LogP contribution in [0, 0.1) is 0 Å². The first kappa shape index (κ1) is 20.6. The lowest BCUT2D eigenvalue weighted by atomic mass is 9.94. The van der Waals surface area contributed by atoms with Crippen LogP contribution in [0.15, 0.2) is 54.1 Å². The Hall–Kier alpha value is -3.12. The van der Waals surface area contributed by atoms with Crippen LogP contribution >= 0.6 is 0 Å². The van der Waals surface area contributed by atoms with E-state index in [2.05, 4.69) is 6.92 Å². The van der Waals surface area contributed by atoms with Gasteiger partial charge in [-0.1, -0.05) is 31.2 Å². The molecule has 1 fully saturated rings. The second kappa shape index (κ2) is 8.92. The predicted octanol–water partition coefficient (Wildman–Crippen LogP) is 3.03. The Morgan fingerprint density at radius 3 is 2.31 bits per heavy atom. The molecule has 2 aromatic rings. The molecule has 6 heteroatoms. The molecule has 0 radical (unpaired) electrons. The van der Waals surface area contributed by atoms with E-state index in [4.69, 9.17) is 10.5 Å². The van der Waals surface area contributed by atoms with Gasteiger partial charge in [0.1, 0.15) is 11.5 Å². The van der Waals surface area contributed by atoms with Crippen LogP contribution in [0.2, 0.25) is 0 Å². The molecule has 0 spiro atoms. The summed E-state index contributed by atoms with van der Waals surface area (Å²) < 4.78 is 5.15. The zero-order chi connectivity index (χ0) is 21.0. The summed E-state index contributed by atoms with van der Waals surface area (Å²) >= 11 is 0. The Morgan fingerprint density at radius 2 is 1.76 bits per heavy atom. The summed E-state index contributed by atoms with van der Waals surface area (Å²) in [5, 5.41) is 11.0. The molecular formula is C23H26N2O4. The van der Waals surface area contributed by atoms with Crippen molar-refractivity contribution in [2.24, 2.45) is 5.73 Å². The molecule has 1 aliphatic heterocycles. The highest BCUT2D eigenvalue weighted by atomic mass is 16.5. The van der Waals surface area contributed by atoms with Gasteiger partial charge in [-0.15, -0.1) is 0 Å². The number of amides is 1. The third kappa shape index (κ3) is 4.03. The molecule has 0 bridgehead atoms. The summed E-state index contributed by atoms with van der Waals surface area (Å²) in [5.74, 6) is -0.847. The Kier molecular flexibility index (Phi) is 6.34. The molecule has 29 heavy (non-hydrogen) atoms. The fourth-order valence-corrected chi connectivity index (χ4v) is 3.56. The van der Waals surface area contributed by atoms with Gasteiger partial charge >= 0.3 is 0 Å². The van der Waals surface area contributed by atoms with Crippen LogP contribution in [0.3, 0.4) is 0 Å². The standard InChI is InChI=1S/C23H26N2O4/c1-3-15-5-7-16(8-6-15)20-19(22(27)23(28)25(20)14-4-13-24)21(26)17-9-11-18(29-2)12-10-17/h5-12,20,26H,3-4,13-14,24H2,1-2H3. The van der Waals surface area contributed by atoms with E-state index in [1.165, 1.54) is 4.90 Å². The molecular weight excluding hydrogens is 368 g/mol. The van der Waals surface area contributed by atoms with Gasteiger partial charge in [0.25, 0.3) is 11.7 Å². The molecule has 3 N–H and O–H groups in total. The lowest BCUT2D eigenvalue weighted by molar-refractivity contribution is -0.139. The van der Waals surface area contributed by atoms with Gasteiger partial charge in [0.05, 0.1) is 18.7 Å². The fourth-order valence-electron chi connectivity index (χ4n) is 3.56. The number of methoxy groups -OCH3 is 1. The van der Waals surface area contributed by atoms with E-state index in [9.17, 15) is 14.7 Å². The summed E-state index contributed by atoms with van der Waals surface area (Å²) in [6.45, 7) is 2.82. The van der Waals surface area contributed by atoms with Crippen molar-refractivity contribution in [3.63, 3.8) is 0 Å². The third-order valence-corrected chi connectivity index (χ3v) is 5.21. The molecule has 0 aliphatic carbocycles. The number of hydrogen-bond donors (Lipinski definition) is 2. The number of ketones is 1. The number of nitrogens with two attached hydrogens (primary N) is 1. The number of aliphatic hydroxyl groups is 1. The third-order valence-electron chi connectivity index (χ3n) is 5.21. The summed E-state index contributed by atoms with van der Waals surface area (Å²) in [4.78, 5) is 27.1. The minimum atomic E-state index is -0.681. The van der Waals surface area contributed by atoms with Crippen molar-refractivity contribution < 1.29 is 19.4 Å². The summed E-state index contributed by atoms with van der Waals surface area (Å²) in [6.07, 6.45) is 1.46. The Labute approximate surface area is 170 Å². The molecule has 1 amide bonds. The number of aryl methyl sites for hydroxylation is 1. The van der Waals surface area contributed by atoms with Crippen molar-refractivity contribution in [3.05, 3.63) is 70.8 Å². The highest BCUT2D eigenvalue weighted by molar-refractivity contribution is 6.46. The number of carbonyl (C=O) groups is 2. The summed E-state index contributed by atoms with van der Waals surface area (Å²) in [7, 11) is 1.55. The van der Waals surface area contributed by atoms with Crippen molar-refractivity contribution in [2.45, 2.75) is 25.8 Å². The highest BCUT2D eigenvalue weighted by Gasteiger charge is 2.45. The van der Waals surface area contributed by atoms with Crippen molar-refractivity contribution in [2.75, 3.05) is 20.2 Å². The van der Waals surface area contributed by atoms with E-state index in [0.29, 0.717) is 30.8 Å². The minimum Gasteiger partial charge on any atom is -0.507 e. The molecule has 1 heterocycles. The number of benzene rings is 2. The quantitative estimate of drug-likeness (QED) is 0.428. The SMILES string of the molecule is CCc1ccc(C2C(=C(O)c3ccc(OC)cc3)C(=O)C(=O)N2CCCN)cc1. The second-order valence-electron chi connectivity index (χ2n) is 6.96. The van der Waals surface area contributed by atoms with E-state index in [-0.39, 0.29) is 11.3 Å². The topological polar surface area (TPSA) is 92.9 Å². The molecule has 0 aromatic heterocycles. The Bertz CT molecular complexity index is 917. The maximum absolute atomic E-state index is 12.9. The fraction of sp³-hybridized carbons (Fsp3) is 0.304. The van der Waals surface area contributed by atoms with Crippen LogP contribution in [0.1, 0.15) is 36.1 Å².